The van der Waals surface area contributed by atoms with Crippen LogP contribution in [0.5, 0.6) is 0 Å². The maximum absolute atomic E-state index is 12.3. The summed E-state index contributed by atoms with van der Waals surface area (Å²) in [6.07, 6.45) is 5.36. The van der Waals surface area contributed by atoms with E-state index < -0.39 is 0 Å². The fourth-order valence-electron chi connectivity index (χ4n) is 3.14. The van der Waals surface area contributed by atoms with Crippen LogP contribution in [-0.4, -0.2) is 21.6 Å². The number of hydrogen-bond acceptors (Lipinski definition) is 6. The average Bonchev–Trinajstić information content (AvgIpc) is 3.23. The highest BCUT2D eigenvalue weighted by atomic mass is 32.2. The predicted molar refractivity (Wildman–Crippen MR) is 105 cm³/mol. The fourth-order valence-corrected chi connectivity index (χ4v) is 5.26. The summed E-state index contributed by atoms with van der Waals surface area (Å²) in [4.78, 5) is 23.5. The van der Waals surface area contributed by atoms with Gasteiger partial charge in [-0.2, -0.15) is 5.26 Å². The van der Waals surface area contributed by atoms with Crippen molar-refractivity contribution < 1.29 is 4.79 Å². The molecule has 0 unspecified atom stereocenters. The lowest BCUT2D eigenvalue weighted by Gasteiger charge is -2.06. The topological polar surface area (TPSA) is 78.7 Å². The Hall–Kier alpha value is -2.43. The number of rotatable bonds is 5. The van der Waals surface area contributed by atoms with Crippen molar-refractivity contribution in [2.45, 2.75) is 30.7 Å². The van der Waals surface area contributed by atoms with Gasteiger partial charge >= 0.3 is 0 Å². The van der Waals surface area contributed by atoms with Crippen LogP contribution in [0.4, 0.5) is 5.69 Å². The highest BCUT2D eigenvalue weighted by Gasteiger charge is 2.21. The van der Waals surface area contributed by atoms with Gasteiger partial charge in [-0.1, -0.05) is 23.9 Å². The van der Waals surface area contributed by atoms with Gasteiger partial charge < -0.3 is 5.32 Å². The summed E-state index contributed by atoms with van der Waals surface area (Å²) in [7, 11) is 0. The third kappa shape index (κ3) is 3.43. The molecule has 7 heteroatoms. The lowest BCUT2D eigenvalue weighted by Crippen LogP contribution is -2.14. The number of nitrogens with one attached hydrogen (secondary N) is 1. The first-order valence-corrected chi connectivity index (χ1v) is 10.2. The Labute approximate surface area is 159 Å². The third-order valence-corrected chi connectivity index (χ3v) is 6.52. The van der Waals surface area contributed by atoms with Crippen molar-refractivity contribution in [3.63, 3.8) is 0 Å². The Balaban J connectivity index is 1.43. The molecule has 0 fully saturated rings. The standard InChI is InChI=1S/C19H16N4OS2/c20-9-8-12-4-6-13(7-5-12)23-16(24)10-25-18-17-14-2-1-3-15(14)26-19(17)22-11-21-18/h4-7,11H,1-3,8,10H2,(H,23,24). The normalized spacial score (nSPS) is 12.7. The van der Waals surface area contributed by atoms with E-state index >= 15 is 0 Å². The van der Waals surface area contributed by atoms with Gasteiger partial charge in [0.25, 0.3) is 0 Å². The second-order valence-corrected chi connectivity index (χ2v) is 8.13. The van der Waals surface area contributed by atoms with Crippen LogP contribution in [0.1, 0.15) is 22.4 Å². The number of nitrogens with zero attached hydrogens (tertiary/aromatic N) is 3. The van der Waals surface area contributed by atoms with E-state index in [1.165, 1.54) is 28.6 Å². The van der Waals surface area contributed by atoms with E-state index in [-0.39, 0.29) is 5.91 Å². The van der Waals surface area contributed by atoms with Gasteiger partial charge in [0, 0.05) is 16.0 Å². The van der Waals surface area contributed by atoms with Gasteiger partial charge in [-0.05, 0) is 42.5 Å². The van der Waals surface area contributed by atoms with Gasteiger partial charge in [-0.15, -0.1) is 11.3 Å². The van der Waals surface area contributed by atoms with Crippen LogP contribution in [-0.2, 0) is 24.1 Å². The van der Waals surface area contributed by atoms with Crippen molar-refractivity contribution in [1.29, 1.82) is 5.26 Å². The monoisotopic (exact) mass is 380 g/mol. The van der Waals surface area contributed by atoms with Crippen molar-refractivity contribution >= 4 is 44.9 Å². The number of thiophene rings is 1. The predicted octanol–water partition coefficient (Wildman–Crippen LogP) is 3.98. The van der Waals surface area contributed by atoms with Crippen LogP contribution < -0.4 is 5.32 Å². The molecule has 26 heavy (non-hydrogen) atoms. The number of carbonyl (C=O) groups is 1. The van der Waals surface area contributed by atoms with Gasteiger partial charge in [0.1, 0.15) is 16.2 Å². The van der Waals surface area contributed by atoms with E-state index in [0.29, 0.717) is 12.2 Å². The minimum atomic E-state index is -0.0679. The fraction of sp³-hybridized carbons (Fsp3) is 0.263. The van der Waals surface area contributed by atoms with Gasteiger partial charge in [0.05, 0.1) is 18.2 Å². The van der Waals surface area contributed by atoms with Crippen LogP contribution >= 0.6 is 23.1 Å². The van der Waals surface area contributed by atoms with E-state index in [2.05, 4.69) is 21.4 Å². The zero-order valence-corrected chi connectivity index (χ0v) is 15.6. The maximum Gasteiger partial charge on any atom is 0.234 e. The molecule has 0 saturated heterocycles. The molecule has 0 saturated carbocycles. The molecule has 3 aromatic rings. The molecule has 5 nitrogen and oxygen atoms in total. The lowest BCUT2D eigenvalue weighted by molar-refractivity contribution is -0.113. The minimum absolute atomic E-state index is 0.0679. The number of aromatic nitrogens is 2. The number of amides is 1. The number of benzene rings is 1. The molecule has 1 aliphatic carbocycles. The van der Waals surface area contributed by atoms with Gasteiger partial charge in [-0.3, -0.25) is 4.79 Å². The van der Waals surface area contributed by atoms with Crippen molar-refractivity contribution in [2.24, 2.45) is 0 Å². The molecule has 0 atom stereocenters. The maximum atomic E-state index is 12.3. The number of hydrogen-bond donors (Lipinski definition) is 1. The quantitative estimate of drug-likeness (QED) is 0.535. The molecule has 130 valence electrons. The molecule has 1 amide bonds. The van der Waals surface area contributed by atoms with Crippen molar-refractivity contribution in [3.05, 3.63) is 46.6 Å². The van der Waals surface area contributed by atoms with E-state index in [1.807, 2.05) is 24.3 Å². The van der Waals surface area contributed by atoms with Gasteiger partial charge in [0.2, 0.25) is 5.91 Å². The Morgan fingerprint density at radius 3 is 2.92 bits per heavy atom. The molecule has 2 heterocycles. The van der Waals surface area contributed by atoms with Crippen LogP contribution in [0, 0.1) is 11.3 Å². The van der Waals surface area contributed by atoms with Crippen molar-refractivity contribution in [1.82, 2.24) is 9.97 Å². The molecular weight excluding hydrogens is 364 g/mol. The number of carbonyl (C=O) groups excluding carboxylic acids is 1. The van der Waals surface area contributed by atoms with Crippen LogP contribution in [0.2, 0.25) is 0 Å². The highest BCUT2D eigenvalue weighted by molar-refractivity contribution is 8.00. The number of anilines is 1. The second-order valence-electron chi connectivity index (χ2n) is 6.08. The summed E-state index contributed by atoms with van der Waals surface area (Å²) >= 11 is 3.21. The molecular formula is C19H16N4OS2. The van der Waals surface area contributed by atoms with Crippen LogP contribution in [0.3, 0.4) is 0 Å². The molecule has 0 aliphatic heterocycles. The van der Waals surface area contributed by atoms with E-state index in [4.69, 9.17) is 5.26 Å². The Morgan fingerprint density at radius 1 is 1.27 bits per heavy atom. The largest absolute Gasteiger partial charge is 0.325 e. The third-order valence-electron chi connectivity index (χ3n) is 4.33. The number of nitriles is 1. The molecule has 0 spiro atoms. The molecule has 0 bridgehead atoms. The molecule has 1 N–H and O–H groups in total. The molecule has 4 rings (SSSR count). The number of aryl methyl sites for hydroxylation is 2. The zero-order chi connectivity index (χ0) is 17.9. The SMILES string of the molecule is N#CCc1ccc(NC(=O)CSc2ncnc3sc4c(c23)CCC4)cc1. The molecule has 0 radical (unpaired) electrons. The van der Waals surface area contributed by atoms with Crippen LogP contribution in [0.15, 0.2) is 35.6 Å². The van der Waals surface area contributed by atoms with E-state index in [9.17, 15) is 4.79 Å². The summed E-state index contributed by atoms with van der Waals surface area (Å²) in [6, 6.07) is 9.47. The number of thioether (sulfide) groups is 1. The summed E-state index contributed by atoms with van der Waals surface area (Å²) in [5.74, 6) is 0.234. The minimum Gasteiger partial charge on any atom is -0.325 e. The number of fused-ring (bicyclic) bond motifs is 3. The first kappa shape index (κ1) is 17.0. The van der Waals surface area contributed by atoms with Crippen LogP contribution in [0.25, 0.3) is 10.2 Å². The zero-order valence-electron chi connectivity index (χ0n) is 14.0. The Morgan fingerprint density at radius 2 is 2.12 bits per heavy atom. The summed E-state index contributed by atoms with van der Waals surface area (Å²) < 4.78 is 0. The molecule has 1 aromatic carbocycles. The van der Waals surface area contributed by atoms with Gasteiger partial charge in [0.15, 0.2) is 0 Å². The lowest BCUT2D eigenvalue weighted by atomic mass is 10.1. The summed E-state index contributed by atoms with van der Waals surface area (Å²) in [6.45, 7) is 0. The first-order chi connectivity index (χ1) is 12.7. The van der Waals surface area contributed by atoms with Crippen molar-refractivity contribution in [3.8, 4) is 6.07 Å². The summed E-state index contributed by atoms with van der Waals surface area (Å²) in [5, 5.41) is 13.6. The Kier molecular flexibility index (Phi) is 4.87. The van der Waals surface area contributed by atoms with Gasteiger partial charge in [-0.25, -0.2) is 9.97 Å². The smallest absolute Gasteiger partial charge is 0.234 e. The van der Waals surface area contributed by atoms with Crippen molar-refractivity contribution in [2.75, 3.05) is 11.1 Å². The summed E-state index contributed by atoms with van der Waals surface area (Å²) in [5.41, 5.74) is 3.05. The molecule has 2 aromatic heterocycles. The Bertz CT molecular complexity index is 1000. The van der Waals surface area contributed by atoms with E-state index in [1.54, 1.807) is 17.7 Å². The highest BCUT2D eigenvalue weighted by Crippen LogP contribution is 2.39. The second kappa shape index (κ2) is 7.44. The molecule has 1 aliphatic rings. The first-order valence-electron chi connectivity index (χ1n) is 8.38. The average molecular weight is 380 g/mol. The van der Waals surface area contributed by atoms with E-state index in [0.717, 1.165) is 39.3 Å².